The number of rotatable bonds is 7. The quantitative estimate of drug-likeness (QED) is 0.598. The van der Waals surface area contributed by atoms with Crippen LogP contribution in [-0.4, -0.2) is 29.0 Å². The number of amides is 1. The molecule has 2 aromatic carbocycles. The molecule has 0 radical (unpaired) electrons. The Labute approximate surface area is 154 Å². The number of ketones is 1. The standard InChI is InChI=1S/C21H26N2O3/c1-21(2,3)26-20(25)22-23(16-17-10-6-4-7-11-17)15-14-19(24)18-12-8-5-9-13-18/h4-13H,14-16H2,1-3H3,(H,22,25). The van der Waals surface area contributed by atoms with Crippen molar-refractivity contribution in [3.8, 4) is 0 Å². The van der Waals surface area contributed by atoms with E-state index in [9.17, 15) is 9.59 Å². The van der Waals surface area contributed by atoms with E-state index in [0.717, 1.165) is 5.56 Å². The van der Waals surface area contributed by atoms with Gasteiger partial charge in [0.2, 0.25) is 0 Å². The van der Waals surface area contributed by atoms with Crippen molar-refractivity contribution in [2.75, 3.05) is 6.54 Å². The Bertz CT molecular complexity index is 709. The Morgan fingerprint density at radius 2 is 1.54 bits per heavy atom. The molecule has 2 rings (SSSR count). The van der Waals surface area contributed by atoms with Crippen molar-refractivity contribution in [2.24, 2.45) is 0 Å². The molecular weight excluding hydrogens is 328 g/mol. The summed E-state index contributed by atoms with van der Waals surface area (Å²) in [7, 11) is 0. The lowest BCUT2D eigenvalue weighted by molar-refractivity contribution is 0.0311. The summed E-state index contributed by atoms with van der Waals surface area (Å²) >= 11 is 0. The van der Waals surface area contributed by atoms with Crippen LogP contribution < -0.4 is 5.43 Å². The topological polar surface area (TPSA) is 58.6 Å². The summed E-state index contributed by atoms with van der Waals surface area (Å²) in [5.41, 5.74) is 3.88. The van der Waals surface area contributed by atoms with Crippen molar-refractivity contribution in [1.82, 2.24) is 10.4 Å². The third kappa shape index (κ3) is 7.07. The van der Waals surface area contributed by atoms with Gasteiger partial charge in [0.1, 0.15) is 5.60 Å². The van der Waals surface area contributed by atoms with Crippen molar-refractivity contribution in [2.45, 2.75) is 39.3 Å². The summed E-state index contributed by atoms with van der Waals surface area (Å²) in [6.07, 6.45) is -0.229. The van der Waals surface area contributed by atoms with Crippen LogP contribution in [0.1, 0.15) is 43.1 Å². The number of hydrogen-bond donors (Lipinski definition) is 1. The van der Waals surface area contributed by atoms with Gasteiger partial charge in [-0.15, -0.1) is 0 Å². The van der Waals surface area contributed by atoms with E-state index in [1.54, 1.807) is 17.1 Å². The van der Waals surface area contributed by atoms with Crippen LogP contribution in [0.2, 0.25) is 0 Å². The molecule has 0 saturated heterocycles. The van der Waals surface area contributed by atoms with Crippen LogP contribution in [0, 0.1) is 0 Å². The van der Waals surface area contributed by atoms with Crippen molar-refractivity contribution in [1.29, 1.82) is 0 Å². The molecule has 0 spiro atoms. The number of nitrogens with one attached hydrogen (secondary N) is 1. The van der Waals surface area contributed by atoms with Crippen LogP contribution in [0.25, 0.3) is 0 Å². The summed E-state index contributed by atoms with van der Waals surface area (Å²) in [6.45, 7) is 6.32. The van der Waals surface area contributed by atoms with Crippen molar-refractivity contribution in [3.05, 3.63) is 71.8 Å². The molecule has 0 aromatic heterocycles. The van der Waals surface area contributed by atoms with E-state index in [4.69, 9.17) is 4.74 Å². The van der Waals surface area contributed by atoms with Gasteiger partial charge in [0.25, 0.3) is 0 Å². The Hall–Kier alpha value is -2.66. The SMILES string of the molecule is CC(C)(C)OC(=O)NN(CCC(=O)c1ccccc1)Cc1ccccc1. The molecule has 26 heavy (non-hydrogen) atoms. The van der Waals surface area contributed by atoms with E-state index in [2.05, 4.69) is 5.43 Å². The number of hydrazine groups is 1. The van der Waals surface area contributed by atoms with Crippen LogP contribution >= 0.6 is 0 Å². The van der Waals surface area contributed by atoms with Crippen LogP contribution in [-0.2, 0) is 11.3 Å². The maximum atomic E-state index is 12.3. The fraction of sp³-hybridized carbons (Fsp3) is 0.333. The average molecular weight is 354 g/mol. The third-order valence-electron chi connectivity index (χ3n) is 3.57. The number of carbonyl (C=O) groups is 2. The van der Waals surface area contributed by atoms with Crippen LogP contribution in [0.4, 0.5) is 4.79 Å². The fourth-order valence-electron chi connectivity index (χ4n) is 2.41. The van der Waals surface area contributed by atoms with E-state index in [-0.39, 0.29) is 5.78 Å². The normalized spacial score (nSPS) is 11.2. The van der Waals surface area contributed by atoms with E-state index < -0.39 is 11.7 Å². The van der Waals surface area contributed by atoms with Crippen LogP contribution in [0.5, 0.6) is 0 Å². The lowest BCUT2D eigenvalue weighted by Crippen LogP contribution is -2.45. The molecule has 0 bridgehead atoms. The number of benzene rings is 2. The molecule has 0 heterocycles. The number of hydrogen-bond acceptors (Lipinski definition) is 4. The number of ether oxygens (including phenoxy) is 1. The molecule has 1 amide bonds. The van der Waals surface area contributed by atoms with Gasteiger partial charge in [0, 0.05) is 25.1 Å². The maximum Gasteiger partial charge on any atom is 0.422 e. The maximum absolute atomic E-state index is 12.3. The minimum Gasteiger partial charge on any atom is -0.443 e. The molecule has 0 fully saturated rings. The zero-order valence-corrected chi connectivity index (χ0v) is 15.6. The molecule has 0 aliphatic rings. The highest BCUT2D eigenvalue weighted by Crippen LogP contribution is 2.09. The van der Waals surface area contributed by atoms with Gasteiger partial charge in [-0.3, -0.25) is 10.2 Å². The largest absolute Gasteiger partial charge is 0.443 e. The first-order valence-corrected chi connectivity index (χ1v) is 8.70. The third-order valence-corrected chi connectivity index (χ3v) is 3.57. The molecule has 1 N–H and O–H groups in total. The average Bonchev–Trinajstić information content (AvgIpc) is 2.59. The number of nitrogens with zero attached hydrogens (tertiary/aromatic N) is 1. The summed E-state index contributed by atoms with van der Waals surface area (Å²) < 4.78 is 5.32. The summed E-state index contributed by atoms with van der Waals surface area (Å²) in [5, 5.41) is 1.71. The van der Waals surface area contributed by atoms with Crippen molar-refractivity contribution < 1.29 is 14.3 Å². The molecule has 138 valence electrons. The van der Waals surface area contributed by atoms with Gasteiger partial charge < -0.3 is 4.74 Å². The zero-order chi connectivity index (χ0) is 19.0. The summed E-state index contributed by atoms with van der Waals surface area (Å²) in [5.74, 6) is 0.0367. The zero-order valence-electron chi connectivity index (χ0n) is 15.6. The van der Waals surface area contributed by atoms with Gasteiger partial charge in [0.15, 0.2) is 5.78 Å². The first-order chi connectivity index (χ1) is 12.3. The molecule has 0 aliphatic heterocycles. The van der Waals surface area contributed by atoms with E-state index in [0.29, 0.717) is 25.1 Å². The molecule has 0 saturated carbocycles. The molecule has 5 nitrogen and oxygen atoms in total. The summed E-state index contributed by atoms with van der Waals surface area (Å²) in [4.78, 5) is 24.5. The first-order valence-electron chi connectivity index (χ1n) is 8.70. The molecule has 5 heteroatoms. The fourth-order valence-corrected chi connectivity index (χ4v) is 2.41. The Morgan fingerprint density at radius 1 is 0.962 bits per heavy atom. The van der Waals surface area contributed by atoms with E-state index in [1.165, 1.54) is 0 Å². The molecule has 2 aromatic rings. The van der Waals surface area contributed by atoms with Crippen LogP contribution in [0.3, 0.4) is 0 Å². The predicted molar refractivity (Wildman–Crippen MR) is 102 cm³/mol. The minimum absolute atomic E-state index is 0.0367. The second-order valence-corrected chi connectivity index (χ2v) is 7.06. The molecular formula is C21H26N2O3. The molecule has 0 unspecified atom stereocenters. The second kappa shape index (κ2) is 9.15. The van der Waals surface area contributed by atoms with Gasteiger partial charge in [-0.2, -0.15) is 0 Å². The lowest BCUT2D eigenvalue weighted by Gasteiger charge is -2.26. The first kappa shape index (κ1) is 19.7. The van der Waals surface area contributed by atoms with Gasteiger partial charge in [-0.1, -0.05) is 60.7 Å². The van der Waals surface area contributed by atoms with E-state index >= 15 is 0 Å². The smallest absolute Gasteiger partial charge is 0.422 e. The van der Waals surface area contributed by atoms with Gasteiger partial charge in [-0.25, -0.2) is 9.80 Å². The monoisotopic (exact) mass is 354 g/mol. The highest BCUT2D eigenvalue weighted by molar-refractivity contribution is 5.96. The highest BCUT2D eigenvalue weighted by Gasteiger charge is 2.19. The highest BCUT2D eigenvalue weighted by atomic mass is 16.6. The predicted octanol–water partition coefficient (Wildman–Crippen LogP) is 4.20. The molecule has 0 atom stereocenters. The Balaban J connectivity index is 2.00. The number of Topliss-reactive ketones (excluding diaryl/α,β-unsaturated/α-hetero) is 1. The van der Waals surface area contributed by atoms with Gasteiger partial charge in [0.05, 0.1) is 0 Å². The Kier molecular flexibility index (Phi) is 6.92. The van der Waals surface area contributed by atoms with E-state index in [1.807, 2.05) is 69.3 Å². The van der Waals surface area contributed by atoms with Crippen LogP contribution in [0.15, 0.2) is 60.7 Å². The second-order valence-electron chi connectivity index (χ2n) is 7.06. The lowest BCUT2D eigenvalue weighted by atomic mass is 10.1. The van der Waals surface area contributed by atoms with Crippen molar-refractivity contribution >= 4 is 11.9 Å². The summed E-state index contributed by atoms with van der Waals surface area (Å²) in [6, 6.07) is 18.9. The van der Waals surface area contributed by atoms with Crippen molar-refractivity contribution in [3.63, 3.8) is 0 Å². The van der Waals surface area contributed by atoms with Gasteiger partial charge >= 0.3 is 6.09 Å². The Morgan fingerprint density at radius 3 is 2.12 bits per heavy atom. The number of carbonyl (C=O) groups excluding carboxylic acids is 2. The minimum atomic E-state index is -0.581. The molecule has 0 aliphatic carbocycles. The van der Waals surface area contributed by atoms with Gasteiger partial charge in [-0.05, 0) is 26.3 Å².